The Labute approximate surface area is 153 Å². The second-order valence-corrected chi connectivity index (χ2v) is 9.12. The fourth-order valence-corrected chi connectivity index (χ4v) is 5.70. The highest BCUT2D eigenvalue weighted by atomic mass is 32.2. The van der Waals surface area contributed by atoms with E-state index in [4.69, 9.17) is 0 Å². The molecule has 1 fully saturated rings. The van der Waals surface area contributed by atoms with Crippen LogP contribution in [0.2, 0.25) is 0 Å². The number of sulfonamides is 1. The van der Waals surface area contributed by atoms with Crippen LogP contribution in [0.3, 0.4) is 0 Å². The molecule has 140 valence electrons. The lowest BCUT2D eigenvalue weighted by Crippen LogP contribution is -2.57. The van der Waals surface area contributed by atoms with Crippen LogP contribution in [0.4, 0.5) is 4.39 Å². The molecule has 3 heterocycles. The van der Waals surface area contributed by atoms with Gasteiger partial charge in [-0.2, -0.15) is 4.31 Å². The molecule has 1 aromatic heterocycles. The number of fused-ring (bicyclic) bond motifs is 2. The molecule has 1 spiro atoms. The maximum Gasteiger partial charge on any atom is 0.212 e. The summed E-state index contributed by atoms with van der Waals surface area (Å²) in [6.07, 6.45) is 4.91. The molecule has 26 heavy (non-hydrogen) atoms. The maximum absolute atomic E-state index is 13.9. The van der Waals surface area contributed by atoms with Gasteiger partial charge in [0.05, 0.1) is 23.8 Å². The highest BCUT2D eigenvalue weighted by molar-refractivity contribution is 7.88. The summed E-state index contributed by atoms with van der Waals surface area (Å²) in [5.41, 5.74) is 1.98. The molecule has 0 bridgehead atoms. The Kier molecular flexibility index (Phi) is 4.37. The molecular weight excluding hydrogens is 355 g/mol. The minimum atomic E-state index is -3.34. The van der Waals surface area contributed by atoms with Crippen LogP contribution >= 0.6 is 0 Å². The van der Waals surface area contributed by atoms with E-state index in [2.05, 4.69) is 14.9 Å². The second-order valence-electron chi connectivity index (χ2n) is 7.21. The molecule has 6 nitrogen and oxygen atoms in total. The van der Waals surface area contributed by atoms with Crippen LogP contribution < -0.4 is 0 Å². The lowest BCUT2D eigenvalue weighted by Gasteiger charge is -2.49. The molecule has 1 N–H and O–H groups in total. The second kappa shape index (κ2) is 6.44. The molecule has 1 aromatic carbocycles. The van der Waals surface area contributed by atoms with Crippen LogP contribution in [0.5, 0.6) is 0 Å². The average molecular weight is 378 g/mol. The number of imidazole rings is 1. The van der Waals surface area contributed by atoms with Gasteiger partial charge in [-0.25, -0.2) is 17.8 Å². The Morgan fingerprint density at radius 1 is 1.23 bits per heavy atom. The Morgan fingerprint density at radius 3 is 2.65 bits per heavy atom. The fourth-order valence-electron chi connectivity index (χ4n) is 4.38. The van der Waals surface area contributed by atoms with Crippen molar-refractivity contribution in [2.75, 3.05) is 25.9 Å². The molecule has 4 rings (SSSR count). The Bertz CT molecular complexity index is 903. The number of aromatic nitrogens is 2. The number of benzene rings is 1. The lowest BCUT2D eigenvalue weighted by atomic mass is 9.80. The third-order valence-electron chi connectivity index (χ3n) is 5.64. The zero-order valence-electron chi connectivity index (χ0n) is 14.8. The summed E-state index contributed by atoms with van der Waals surface area (Å²) in [5, 5.41) is 0. The first-order valence-corrected chi connectivity index (χ1v) is 10.7. The molecule has 0 radical (unpaired) electrons. The number of hydrogen-bond acceptors (Lipinski definition) is 4. The topological polar surface area (TPSA) is 69.3 Å². The largest absolute Gasteiger partial charge is 0.348 e. The van der Waals surface area contributed by atoms with E-state index >= 15 is 0 Å². The van der Waals surface area contributed by atoms with Crippen molar-refractivity contribution < 1.29 is 12.8 Å². The van der Waals surface area contributed by atoms with E-state index in [9.17, 15) is 12.8 Å². The number of aromatic amines is 1. The number of piperidine rings is 1. The summed E-state index contributed by atoms with van der Waals surface area (Å²) < 4.78 is 40.4. The summed E-state index contributed by atoms with van der Waals surface area (Å²) in [5.74, 6) is -0.196. The zero-order valence-corrected chi connectivity index (χ0v) is 15.6. The van der Waals surface area contributed by atoms with E-state index in [0.717, 1.165) is 11.4 Å². The van der Waals surface area contributed by atoms with Gasteiger partial charge < -0.3 is 4.98 Å². The standard InChI is InChI=1S/C18H23FN4O2S/c1-26(24,25)23-9-6-16-17(21-13-20-16)18(23)7-10-22(11-8-18)12-14-4-2-3-5-15(14)19/h2-5,13H,6-12H2,1H3,(H,20,21). The van der Waals surface area contributed by atoms with Gasteiger partial charge in [0.25, 0.3) is 0 Å². The van der Waals surface area contributed by atoms with Gasteiger partial charge in [0.1, 0.15) is 5.82 Å². The number of likely N-dealkylation sites (tertiary alicyclic amines) is 1. The van der Waals surface area contributed by atoms with E-state index in [1.807, 2.05) is 6.07 Å². The van der Waals surface area contributed by atoms with Gasteiger partial charge in [0.2, 0.25) is 10.0 Å². The highest BCUT2D eigenvalue weighted by Crippen LogP contribution is 2.43. The summed E-state index contributed by atoms with van der Waals surface area (Å²) in [6.45, 7) is 2.41. The van der Waals surface area contributed by atoms with Gasteiger partial charge in [-0.15, -0.1) is 0 Å². The predicted molar refractivity (Wildman–Crippen MR) is 96.4 cm³/mol. The van der Waals surface area contributed by atoms with Crippen molar-refractivity contribution in [3.63, 3.8) is 0 Å². The number of nitrogens with one attached hydrogen (secondary N) is 1. The van der Waals surface area contributed by atoms with Crippen molar-refractivity contribution in [3.8, 4) is 0 Å². The van der Waals surface area contributed by atoms with Gasteiger partial charge in [0, 0.05) is 43.9 Å². The van der Waals surface area contributed by atoms with Gasteiger partial charge >= 0.3 is 0 Å². The molecule has 0 amide bonds. The first-order valence-electron chi connectivity index (χ1n) is 8.86. The Hall–Kier alpha value is -1.77. The molecular formula is C18H23FN4O2S. The molecule has 1 saturated heterocycles. The molecule has 2 aliphatic rings. The van der Waals surface area contributed by atoms with Crippen molar-refractivity contribution in [2.24, 2.45) is 0 Å². The van der Waals surface area contributed by atoms with Crippen molar-refractivity contribution in [1.82, 2.24) is 19.2 Å². The van der Waals surface area contributed by atoms with Crippen LogP contribution in [0, 0.1) is 5.82 Å². The summed E-state index contributed by atoms with van der Waals surface area (Å²) in [4.78, 5) is 9.83. The van der Waals surface area contributed by atoms with Gasteiger partial charge in [0.15, 0.2) is 0 Å². The van der Waals surface area contributed by atoms with Crippen LogP contribution in [0.25, 0.3) is 0 Å². The summed E-state index contributed by atoms with van der Waals surface area (Å²) in [6, 6.07) is 6.81. The Morgan fingerprint density at radius 2 is 1.96 bits per heavy atom. The summed E-state index contributed by atoms with van der Waals surface area (Å²) in [7, 11) is -3.34. The molecule has 2 aromatic rings. The van der Waals surface area contributed by atoms with E-state index in [-0.39, 0.29) is 5.82 Å². The van der Waals surface area contributed by atoms with E-state index in [0.29, 0.717) is 51.0 Å². The minimum absolute atomic E-state index is 0.196. The average Bonchev–Trinajstić information content (AvgIpc) is 3.08. The van der Waals surface area contributed by atoms with Crippen LogP contribution in [-0.4, -0.2) is 53.5 Å². The van der Waals surface area contributed by atoms with Crippen LogP contribution in [-0.2, 0) is 28.5 Å². The first kappa shape index (κ1) is 17.6. The number of rotatable bonds is 3. The van der Waals surface area contributed by atoms with Gasteiger partial charge in [-0.05, 0) is 18.9 Å². The van der Waals surface area contributed by atoms with Crippen LogP contribution in [0.1, 0.15) is 29.8 Å². The van der Waals surface area contributed by atoms with Crippen LogP contribution in [0.15, 0.2) is 30.6 Å². The normalized spacial score (nSPS) is 21.0. The number of halogens is 1. The van der Waals surface area contributed by atoms with Crippen molar-refractivity contribution >= 4 is 10.0 Å². The zero-order chi connectivity index (χ0) is 18.4. The molecule has 0 unspecified atom stereocenters. The van der Waals surface area contributed by atoms with E-state index < -0.39 is 15.6 Å². The molecule has 0 atom stereocenters. The molecule has 2 aliphatic heterocycles. The smallest absolute Gasteiger partial charge is 0.212 e. The van der Waals surface area contributed by atoms with Crippen molar-refractivity contribution in [1.29, 1.82) is 0 Å². The van der Waals surface area contributed by atoms with E-state index in [1.54, 1.807) is 22.8 Å². The lowest BCUT2D eigenvalue weighted by molar-refractivity contribution is 0.0600. The number of H-pyrrole nitrogens is 1. The first-order chi connectivity index (χ1) is 12.4. The van der Waals surface area contributed by atoms with Gasteiger partial charge in [-0.1, -0.05) is 18.2 Å². The third kappa shape index (κ3) is 2.95. The Balaban J connectivity index is 1.59. The van der Waals surface area contributed by atoms with Gasteiger partial charge in [-0.3, -0.25) is 4.90 Å². The highest BCUT2D eigenvalue weighted by Gasteiger charge is 2.50. The maximum atomic E-state index is 13.9. The fraction of sp³-hybridized carbons (Fsp3) is 0.500. The quantitative estimate of drug-likeness (QED) is 0.885. The third-order valence-corrected chi connectivity index (χ3v) is 6.97. The molecule has 0 aliphatic carbocycles. The predicted octanol–water partition coefficient (Wildman–Crippen LogP) is 1.86. The minimum Gasteiger partial charge on any atom is -0.348 e. The molecule has 0 saturated carbocycles. The SMILES string of the molecule is CS(=O)(=O)N1CCc2[nH]cnc2C12CCN(Cc1ccccc1F)CC2. The van der Waals surface area contributed by atoms with Crippen molar-refractivity contribution in [2.45, 2.75) is 31.3 Å². The monoisotopic (exact) mass is 378 g/mol. The molecule has 8 heteroatoms. The van der Waals surface area contributed by atoms with Crippen molar-refractivity contribution in [3.05, 3.63) is 53.4 Å². The number of hydrogen-bond donors (Lipinski definition) is 1. The van der Waals surface area contributed by atoms with E-state index in [1.165, 1.54) is 12.3 Å². The number of nitrogens with zero attached hydrogens (tertiary/aromatic N) is 3. The summed E-state index contributed by atoms with van der Waals surface area (Å²) >= 11 is 0.